The summed E-state index contributed by atoms with van der Waals surface area (Å²) in [5.74, 6) is 0.104. The minimum absolute atomic E-state index is 0.0304. The molecule has 0 spiro atoms. The van der Waals surface area contributed by atoms with Gasteiger partial charge in [0.15, 0.2) is 0 Å². The van der Waals surface area contributed by atoms with Crippen LogP contribution in [0.2, 0.25) is 5.02 Å². The molecule has 2 saturated heterocycles. The lowest BCUT2D eigenvalue weighted by Gasteiger charge is -2.36. The number of ether oxygens (including phenoxy) is 2. The number of hydrogen-bond donors (Lipinski definition) is 4. The molecule has 0 unspecified atom stereocenters. The Balaban J connectivity index is 1.39. The lowest BCUT2D eigenvalue weighted by Crippen LogP contribution is -2.52. The van der Waals surface area contributed by atoms with Crippen LogP contribution >= 0.6 is 11.6 Å². The number of rotatable bonds is 7. The lowest BCUT2D eigenvalue weighted by molar-refractivity contribution is -0.128. The van der Waals surface area contributed by atoms with Crippen LogP contribution in [0.4, 0.5) is 10.5 Å². The van der Waals surface area contributed by atoms with Crippen molar-refractivity contribution < 1.29 is 24.2 Å². The number of carbonyl (C=O) groups excluding carboxylic acids is 2. The number of hydrogen-bond acceptors (Lipinski definition) is 5. The van der Waals surface area contributed by atoms with E-state index < -0.39 is 6.10 Å². The van der Waals surface area contributed by atoms with Gasteiger partial charge in [0.25, 0.3) is 0 Å². The highest BCUT2D eigenvalue weighted by Crippen LogP contribution is 2.22. The van der Waals surface area contributed by atoms with Crippen molar-refractivity contribution in [2.75, 3.05) is 31.7 Å². The number of anilines is 1. The molecule has 2 aliphatic rings. The van der Waals surface area contributed by atoms with Crippen molar-refractivity contribution in [3.8, 4) is 0 Å². The van der Waals surface area contributed by atoms with Crippen molar-refractivity contribution in [1.29, 1.82) is 0 Å². The summed E-state index contributed by atoms with van der Waals surface area (Å²) >= 11 is 5.93. The van der Waals surface area contributed by atoms with Gasteiger partial charge in [-0.25, -0.2) is 4.79 Å². The molecule has 2 aliphatic heterocycles. The molecule has 9 heteroatoms. The largest absolute Gasteiger partial charge is 0.394 e. The fraction of sp³-hybridized carbons (Fsp3) is 0.619. The average Bonchev–Trinajstić information content (AvgIpc) is 2.75. The van der Waals surface area contributed by atoms with Crippen LogP contribution in [0, 0.1) is 5.92 Å². The number of urea groups is 1. The third kappa shape index (κ3) is 6.84. The first kappa shape index (κ1) is 22.8. The van der Waals surface area contributed by atoms with E-state index in [4.69, 9.17) is 21.1 Å². The molecule has 3 atom stereocenters. The summed E-state index contributed by atoms with van der Waals surface area (Å²) in [6, 6.07) is 6.23. The maximum atomic E-state index is 12.3. The predicted molar refractivity (Wildman–Crippen MR) is 114 cm³/mol. The third-order valence-corrected chi connectivity index (χ3v) is 5.79. The molecule has 0 bridgehead atoms. The van der Waals surface area contributed by atoms with Gasteiger partial charge in [-0.05, 0) is 50.3 Å². The maximum absolute atomic E-state index is 12.3. The Morgan fingerprint density at radius 2 is 1.97 bits per heavy atom. The first-order chi connectivity index (χ1) is 14.5. The summed E-state index contributed by atoms with van der Waals surface area (Å²) in [7, 11) is 0. The van der Waals surface area contributed by atoms with Crippen LogP contribution < -0.4 is 16.0 Å². The Kier molecular flexibility index (Phi) is 8.74. The van der Waals surface area contributed by atoms with E-state index in [0.29, 0.717) is 43.3 Å². The van der Waals surface area contributed by atoms with Gasteiger partial charge in [-0.3, -0.25) is 4.79 Å². The molecule has 3 rings (SSSR count). The molecule has 0 saturated carbocycles. The highest BCUT2D eigenvalue weighted by atomic mass is 35.5. The Hall–Kier alpha value is -1.87. The normalized spacial score (nSPS) is 24.8. The van der Waals surface area contributed by atoms with E-state index in [9.17, 15) is 14.7 Å². The quantitative estimate of drug-likeness (QED) is 0.521. The summed E-state index contributed by atoms with van der Waals surface area (Å²) in [5.41, 5.74) is 0.593. The number of aliphatic hydroxyl groups is 1. The van der Waals surface area contributed by atoms with Gasteiger partial charge in [-0.2, -0.15) is 0 Å². The SMILES string of the molecule is O=C(Nc1cccc(Cl)c1)N[C@@H]1CC[C@@H](CCNC(=O)C2CCOCC2)O[C@@H]1CO. The standard InChI is InChI=1S/C21H30ClN3O5/c22-15-2-1-3-16(12-15)24-21(28)25-18-5-4-17(30-19(18)13-26)6-9-23-20(27)14-7-10-29-11-8-14/h1-3,12,14,17-19,26H,4-11,13H2,(H,23,27)(H2,24,25,28)/t17-,18+,19+/m0/s1. The zero-order valence-electron chi connectivity index (χ0n) is 16.9. The van der Waals surface area contributed by atoms with Crippen LogP contribution in [-0.2, 0) is 14.3 Å². The van der Waals surface area contributed by atoms with E-state index in [1.54, 1.807) is 24.3 Å². The van der Waals surface area contributed by atoms with E-state index in [1.165, 1.54) is 0 Å². The molecule has 2 fully saturated rings. The second-order valence-electron chi connectivity index (χ2n) is 7.74. The van der Waals surface area contributed by atoms with E-state index in [0.717, 1.165) is 19.3 Å². The maximum Gasteiger partial charge on any atom is 0.319 e. The van der Waals surface area contributed by atoms with Crippen molar-refractivity contribution in [2.24, 2.45) is 5.92 Å². The monoisotopic (exact) mass is 439 g/mol. The highest BCUT2D eigenvalue weighted by molar-refractivity contribution is 6.30. The van der Waals surface area contributed by atoms with Crippen LogP contribution in [0.25, 0.3) is 0 Å². The molecule has 4 N–H and O–H groups in total. The van der Waals surface area contributed by atoms with Gasteiger partial charge in [-0.15, -0.1) is 0 Å². The van der Waals surface area contributed by atoms with Gasteiger partial charge in [0, 0.05) is 36.4 Å². The van der Waals surface area contributed by atoms with Crippen LogP contribution in [0.3, 0.4) is 0 Å². The number of amides is 3. The first-order valence-corrected chi connectivity index (χ1v) is 10.9. The van der Waals surface area contributed by atoms with Crippen LogP contribution in [0.15, 0.2) is 24.3 Å². The molecular weight excluding hydrogens is 410 g/mol. The number of carbonyl (C=O) groups is 2. The average molecular weight is 440 g/mol. The number of benzene rings is 1. The molecule has 2 heterocycles. The topological polar surface area (TPSA) is 109 Å². The fourth-order valence-corrected chi connectivity index (χ4v) is 4.06. The minimum Gasteiger partial charge on any atom is -0.394 e. The Labute approximate surface area is 181 Å². The van der Waals surface area contributed by atoms with Crippen molar-refractivity contribution in [2.45, 2.75) is 50.4 Å². The zero-order valence-corrected chi connectivity index (χ0v) is 17.7. The second-order valence-corrected chi connectivity index (χ2v) is 8.17. The summed E-state index contributed by atoms with van der Waals surface area (Å²) in [6.07, 6.45) is 3.09. The van der Waals surface area contributed by atoms with E-state index in [2.05, 4.69) is 16.0 Å². The van der Waals surface area contributed by atoms with Crippen molar-refractivity contribution in [3.05, 3.63) is 29.3 Å². The number of aliphatic hydroxyl groups excluding tert-OH is 1. The van der Waals surface area contributed by atoms with E-state index >= 15 is 0 Å². The van der Waals surface area contributed by atoms with Gasteiger partial charge < -0.3 is 30.5 Å². The third-order valence-electron chi connectivity index (χ3n) is 5.55. The summed E-state index contributed by atoms with van der Waals surface area (Å²) in [5, 5.41) is 18.8. The minimum atomic E-state index is -0.486. The molecule has 0 radical (unpaired) electrons. The van der Waals surface area contributed by atoms with Gasteiger partial charge in [-0.1, -0.05) is 17.7 Å². The first-order valence-electron chi connectivity index (χ1n) is 10.5. The Morgan fingerprint density at radius 3 is 2.70 bits per heavy atom. The Morgan fingerprint density at radius 1 is 1.17 bits per heavy atom. The molecule has 0 aliphatic carbocycles. The Bertz CT molecular complexity index is 714. The zero-order chi connectivity index (χ0) is 21.3. The van der Waals surface area contributed by atoms with Crippen molar-refractivity contribution >= 4 is 29.2 Å². The van der Waals surface area contributed by atoms with Gasteiger partial charge >= 0.3 is 6.03 Å². The van der Waals surface area contributed by atoms with Gasteiger partial charge in [0.1, 0.15) is 6.10 Å². The molecule has 166 valence electrons. The molecule has 8 nitrogen and oxygen atoms in total. The molecule has 1 aromatic rings. The fourth-order valence-electron chi connectivity index (χ4n) is 3.87. The van der Waals surface area contributed by atoms with E-state index in [1.807, 2.05) is 0 Å². The van der Waals surface area contributed by atoms with Crippen molar-refractivity contribution in [3.63, 3.8) is 0 Å². The summed E-state index contributed by atoms with van der Waals surface area (Å²) in [6.45, 7) is 1.63. The van der Waals surface area contributed by atoms with Crippen LogP contribution in [-0.4, -0.2) is 61.7 Å². The van der Waals surface area contributed by atoms with Gasteiger partial charge in [0.05, 0.1) is 18.8 Å². The predicted octanol–water partition coefficient (Wildman–Crippen LogP) is 2.30. The molecule has 30 heavy (non-hydrogen) atoms. The van der Waals surface area contributed by atoms with E-state index in [-0.39, 0.29) is 36.6 Å². The lowest BCUT2D eigenvalue weighted by atomic mass is 9.96. The number of halogens is 1. The van der Waals surface area contributed by atoms with Crippen molar-refractivity contribution in [1.82, 2.24) is 10.6 Å². The van der Waals surface area contributed by atoms with Crippen LogP contribution in [0.5, 0.6) is 0 Å². The summed E-state index contributed by atoms with van der Waals surface area (Å²) < 4.78 is 11.2. The smallest absolute Gasteiger partial charge is 0.319 e. The van der Waals surface area contributed by atoms with Gasteiger partial charge in [0.2, 0.25) is 5.91 Å². The highest BCUT2D eigenvalue weighted by Gasteiger charge is 2.32. The second kappa shape index (κ2) is 11.5. The van der Waals surface area contributed by atoms with Crippen LogP contribution in [0.1, 0.15) is 32.1 Å². The summed E-state index contributed by atoms with van der Waals surface area (Å²) in [4.78, 5) is 24.5. The number of nitrogens with one attached hydrogen (secondary N) is 3. The molecular formula is C21H30ClN3O5. The molecule has 0 aromatic heterocycles. The molecule has 1 aromatic carbocycles. The molecule has 3 amide bonds.